The van der Waals surface area contributed by atoms with Crippen LogP contribution < -0.4 is 14.4 Å². The minimum atomic E-state index is -3.96. The number of halogens is 1. The molecule has 2 aliphatic heterocycles. The first kappa shape index (κ1) is 24.5. The lowest BCUT2D eigenvalue weighted by Crippen LogP contribution is -2.39. The monoisotopic (exact) mass is 517 g/mol. The number of hydrogen-bond acceptors (Lipinski definition) is 7. The predicted octanol–water partition coefficient (Wildman–Crippen LogP) is 2.52. The summed E-state index contributed by atoms with van der Waals surface area (Å²) in [6.45, 7) is 1.88. The maximum absolute atomic E-state index is 14.3. The number of pyridine rings is 1. The molecule has 2 aliphatic rings. The molecule has 2 aromatic heterocycles. The van der Waals surface area contributed by atoms with Crippen molar-refractivity contribution in [2.75, 3.05) is 38.8 Å². The number of carbonyl (C=O) groups is 1. The van der Waals surface area contributed by atoms with E-state index in [-0.39, 0.29) is 23.7 Å². The number of imidazole rings is 1. The van der Waals surface area contributed by atoms with Gasteiger partial charge in [0.1, 0.15) is 29.0 Å². The molecule has 2 atom stereocenters. The second-order valence-electron chi connectivity index (χ2n) is 9.11. The van der Waals surface area contributed by atoms with Crippen molar-refractivity contribution < 1.29 is 27.1 Å². The molecule has 0 aliphatic carbocycles. The van der Waals surface area contributed by atoms with E-state index in [1.54, 1.807) is 22.7 Å². The van der Waals surface area contributed by atoms with Gasteiger partial charge >= 0.3 is 10.2 Å². The number of rotatable bonds is 7. The van der Waals surface area contributed by atoms with E-state index in [0.29, 0.717) is 24.6 Å². The molecule has 0 saturated carbocycles. The Balaban J connectivity index is 1.47. The number of nitrogens with zero attached hydrogens (tertiary/aromatic N) is 4. The van der Waals surface area contributed by atoms with E-state index in [1.165, 1.54) is 32.4 Å². The zero-order chi connectivity index (χ0) is 25.4. The summed E-state index contributed by atoms with van der Waals surface area (Å²) in [7, 11) is -1.29. The molecule has 12 heteroatoms. The van der Waals surface area contributed by atoms with Crippen LogP contribution in [0, 0.1) is 5.82 Å². The maximum atomic E-state index is 14.3. The average molecular weight is 518 g/mol. The minimum Gasteiger partial charge on any atom is -0.488 e. The lowest BCUT2D eigenvalue weighted by atomic mass is 10.0. The third kappa shape index (κ3) is 4.75. The summed E-state index contributed by atoms with van der Waals surface area (Å²) in [6, 6.07) is 8.12. The molecule has 4 heterocycles. The molecule has 3 aromatic rings. The number of carbonyl (C=O) groups excluding carboxylic acids is 1. The van der Waals surface area contributed by atoms with E-state index in [2.05, 4.69) is 9.88 Å². The smallest absolute Gasteiger partial charge is 0.303 e. The highest BCUT2D eigenvalue weighted by atomic mass is 32.2. The van der Waals surface area contributed by atoms with E-state index < -0.39 is 16.1 Å². The molecule has 2 saturated heterocycles. The van der Waals surface area contributed by atoms with Crippen LogP contribution in [0.4, 0.5) is 10.1 Å². The maximum Gasteiger partial charge on any atom is 0.303 e. The van der Waals surface area contributed by atoms with Gasteiger partial charge in [0.05, 0.1) is 31.1 Å². The van der Waals surface area contributed by atoms with Crippen LogP contribution in [0.2, 0.25) is 0 Å². The quantitative estimate of drug-likeness (QED) is 0.513. The van der Waals surface area contributed by atoms with Gasteiger partial charge in [0.15, 0.2) is 0 Å². The van der Waals surface area contributed by atoms with E-state index in [0.717, 1.165) is 41.4 Å². The highest BCUT2D eigenvalue weighted by Crippen LogP contribution is 2.41. The molecule has 1 N–H and O–H groups in total. The van der Waals surface area contributed by atoms with Crippen molar-refractivity contribution in [2.24, 2.45) is 0 Å². The molecule has 0 radical (unpaired) electrons. The molecule has 1 amide bonds. The van der Waals surface area contributed by atoms with E-state index >= 15 is 0 Å². The number of ether oxygens (including phenoxy) is 2. The zero-order valence-corrected chi connectivity index (χ0v) is 20.9. The number of hydrogen-bond donors (Lipinski definition) is 1. The Morgan fingerprint density at radius 3 is 2.83 bits per heavy atom. The highest BCUT2D eigenvalue weighted by Gasteiger charge is 2.31. The molecule has 5 rings (SSSR count). The fourth-order valence-corrected chi connectivity index (χ4v) is 5.16. The predicted molar refractivity (Wildman–Crippen MR) is 131 cm³/mol. The van der Waals surface area contributed by atoms with E-state index in [1.807, 2.05) is 10.8 Å². The minimum absolute atomic E-state index is 0.0640. The zero-order valence-electron chi connectivity index (χ0n) is 20.1. The standard InChI is InChI=1S/C24H28FN5O5S/c1-28(2)36(32,33)27-24(31)21-13-26-23-8-6-17(14-30(21)23)29-10-3-4-20(29)19-12-16(25)5-7-22(19)35-18-9-11-34-15-18/h5-8,12-14,18,20H,3-4,9-11,15H2,1-2H3,(H,27,31)/t18?,20-/m1/s1. The lowest BCUT2D eigenvalue weighted by molar-refractivity contribution is 0.0974. The molecule has 192 valence electrons. The van der Waals surface area contributed by atoms with Crippen LogP contribution in [0.5, 0.6) is 5.75 Å². The van der Waals surface area contributed by atoms with Crippen molar-refractivity contribution in [3.8, 4) is 5.75 Å². The van der Waals surface area contributed by atoms with Crippen molar-refractivity contribution in [1.82, 2.24) is 18.4 Å². The SMILES string of the molecule is CN(C)S(=O)(=O)NC(=O)c1cnc2ccc(N3CCC[C@@H]3c3cc(F)ccc3OC3CCOC3)cn12. The molecule has 36 heavy (non-hydrogen) atoms. The lowest BCUT2D eigenvalue weighted by Gasteiger charge is -2.29. The van der Waals surface area contributed by atoms with Crippen LogP contribution in [0.1, 0.15) is 41.4 Å². The Bertz CT molecular complexity index is 1390. The van der Waals surface area contributed by atoms with Gasteiger partial charge in [0.25, 0.3) is 5.91 Å². The molecular formula is C24H28FN5O5S. The Hall–Kier alpha value is -3.22. The molecule has 10 nitrogen and oxygen atoms in total. The Kier molecular flexibility index (Phi) is 6.58. The normalized spacial score (nSPS) is 20.4. The molecule has 1 aromatic carbocycles. The second-order valence-corrected chi connectivity index (χ2v) is 11.0. The fourth-order valence-electron chi connectivity index (χ4n) is 4.64. The van der Waals surface area contributed by atoms with Crippen LogP contribution >= 0.6 is 0 Å². The summed E-state index contributed by atoms with van der Waals surface area (Å²) in [5, 5.41) is 0. The highest BCUT2D eigenvalue weighted by molar-refractivity contribution is 7.87. The van der Waals surface area contributed by atoms with Crippen molar-refractivity contribution >= 4 is 27.5 Å². The van der Waals surface area contributed by atoms with Gasteiger partial charge in [0, 0.05) is 38.8 Å². The molecule has 0 bridgehead atoms. The average Bonchev–Trinajstić information content (AvgIpc) is 3.60. The first-order chi connectivity index (χ1) is 17.2. The molecule has 2 fully saturated rings. The fraction of sp³-hybridized carbons (Fsp3) is 0.417. The molecule has 1 unspecified atom stereocenters. The number of aromatic nitrogens is 2. The van der Waals surface area contributed by atoms with Crippen molar-refractivity contribution in [2.45, 2.75) is 31.4 Å². The Labute approximate surface area is 208 Å². The van der Waals surface area contributed by atoms with Gasteiger partial charge in [-0.1, -0.05) is 0 Å². The van der Waals surface area contributed by atoms with Crippen LogP contribution in [0.15, 0.2) is 42.7 Å². The summed E-state index contributed by atoms with van der Waals surface area (Å²) in [5.41, 5.74) is 2.15. The summed E-state index contributed by atoms with van der Waals surface area (Å²) >= 11 is 0. The van der Waals surface area contributed by atoms with E-state index in [4.69, 9.17) is 9.47 Å². The Morgan fingerprint density at radius 2 is 2.08 bits per heavy atom. The largest absolute Gasteiger partial charge is 0.488 e. The Morgan fingerprint density at radius 1 is 1.25 bits per heavy atom. The van der Waals surface area contributed by atoms with Crippen molar-refractivity contribution in [1.29, 1.82) is 0 Å². The summed E-state index contributed by atoms with van der Waals surface area (Å²) in [4.78, 5) is 19.1. The van der Waals surface area contributed by atoms with Gasteiger partial charge < -0.3 is 14.4 Å². The first-order valence-electron chi connectivity index (χ1n) is 11.7. The third-order valence-corrected chi connectivity index (χ3v) is 7.93. The topological polar surface area (TPSA) is 105 Å². The summed E-state index contributed by atoms with van der Waals surface area (Å²) in [6.07, 6.45) is 5.51. The van der Waals surface area contributed by atoms with Gasteiger partial charge in [-0.3, -0.25) is 9.20 Å². The van der Waals surface area contributed by atoms with Crippen LogP contribution in [0.25, 0.3) is 5.65 Å². The van der Waals surface area contributed by atoms with Gasteiger partial charge in [-0.05, 0) is 43.2 Å². The van der Waals surface area contributed by atoms with Crippen molar-refractivity contribution in [3.63, 3.8) is 0 Å². The number of anilines is 1. The van der Waals surface area contributed by atoms with Gasteiger partial charge in [-0.25, -0.2) is 14.1 Å². The number of benzene rings is 1. The van der Waals surface area contributed by atoms with Gasteiger partial charge in [0.2, 0.25) is 0 Å². The van der Waals surface area contributed by atoms with Gasteiger partial charge in [-0.15, -0.1) is 0 Å². The van der Waals surface area contributed by atoms with Crippen molar-refractivity contribution in [3.05, 3.63) is 59.8 Å². The number of nitrogens with one attached hydrogen (secondary N) is 1. The van der Waals surface area contributed by atoms with Gasteiger partial charge in [-0.2, -0.15) is 12.7 Å². The molecule has 0 spiro atoms. The number of amides is 1. The molecular weight excluding hydrogens is 489 g/mol. The van der Waals surface area contributed by atoms with E-state index in [9.17, 15) is 17.6 Å². The second kappa shape index (κ2) is 9.68. The number of fused-ring (bicyclic) bond motifs is 1. The summed E-state index contributed by atoms with van der Waals surface area (Å²) in [5.74, 6) is -0.481. The first-order valence-corrected chi connectivity index (χ1v) is 13.2. The van der Waals surface area contributed by atoms with Crippen LogP contribution in [-0.4, -0.2) is 68.0 Å². The summed E-state index contributed by atoms with van der Waals surface area (Å²) < 4.78 is 54.7. The third-order valence-electron chi connectivity index (χ3n) is 6.52. The van der Waals surface area contributed by atoms with Crippen LogP contribution in [-0.2, 0) is 14.9 Å². The van der Waals surface area contributed by atoms with Crippen LogP contribution in [0.3, 0.4) is 0 Å².